The van der Waals surface area contributed by atoms with Crippen LogP contribution >= 0.6 is 0 Å². The van der Waals surface area contributed by atoms with Crippen molar-refractivity contribution in [2.24, 2.45) is 5.41 Å². The van der Waals surface area contributed by atoms with Gasteiger partial charge in [-0.15, -0.1) is 5.10 Å². The first-order chi connectivity index (χ1) is 12.5. The molecule has 3 unspecified atom stereocenters. The largest absolute Gasteiger partial charge is 0.380 e. The minimum Gasteiger partial charge on any atom is -0.380 e. The van der Waals surface area contributed by atoms with Gasteiger partial charge in [0.2, 0.25) is 0 Å². The van der Waals surface area contributed by atoms with Crippen molar-refractivity contribution in [3.63, 3.8) is 0 Å². The number of hydrogen-bond donors (Lipinski definition) is 0. The van der Waals surface area contributed by atoms with Crippen molar-refractivity contribution in [2.45, 2.75) is 71.1 Å². The quantitative estimate of drug-likeness (QED) is 0.818. The van der Waals surface area contributed by atoms with Crippen molar-refractivity contribution >= 4 is 5.91 Å². The summed E-state index contributed by atoms with van der Waals surface area (Å²) < 4.78 is 7.09. The van der Waals surface area contributed by atoms with E-state index in [9.17, 15) is 4.79 Å². The third-order valence-electron chi connectivity index (χ3n) is 6.33. The second-order valence-corrected chi connectivity index (χ2v) is 8.87. The smallest absolute Gasteiger partial charge is 0.276 e. The SMILES string of the molecule is CC1CCC(C)N1C1CCCN(C(=O)c2cn(CC3(C)COC3)nn2)C1. The molecule has 0 bridgehead atoms. The number of carbonyl (C=O) groups is 1. The standard InChI is InChI=1S/C19H31N5O2/c1-14-6-7-15(2)24(14)16-5-4-8-22(9-16)18(25)17-10-23(21-20-17)11-19(3)12-26-13-19/h10,14-16H,4-9,11-13H2,1-3H3. The topological polar surface area (TPSA) is 63.5 Å². The summed E-state index contributed by atoms with van der Waals surface area (Å²) in [5.41, 5.74) is 0.587. The summed E-state index contributed by atoms with van der Waals surface area (Å²) in [6.07, 6.45) is 6.58. The maximum atomic E-state index is 13.0. The molecule has 0 N–H and O–H groups in total. The van der Waals surface area contributed by atoms with E-state index in [0.29, 0.717) is 23.8 Å². The lowest BCUT2D eigenvalue weighted by Gasteiger charge is -2.41. The molecule has 3 aliphatic heterocycles. The summed E-state index contributed by atoms with van der Waals surface area (Å²) in [5, 5.41) is 8.33. The zero-order chi connectivity index (χ0) is 18.3. The molecule has 4 heterocycles. The van der Waals surface area contributed by atoms with E-state index in [0.717, 1.165) is 39.3 Å². The zero-order valence-electron chi connectivity index (χ0n) is 16.2. The van der Waals surface area contributed by atoms with Crippen molar-refractivity contribution in [2.75, 3.05) is 26.3 Å². The van der Waals surface area contributed by atoms with Crippen LogP contribution in [0.25, 0.3) is 0 Å². The molecule has 1 aromatic heterocycles. The molecule has 144 valence electrons. The second kappa shape index (κ2) is 6.93. The maximum absolute atomic E-state index is 13.0. The third-order valence-corrected chi connectivity index (χ3v) is 6.33. The Morgan fingerprint density at radius 1 is 1.27 bits per heavy atom. The fraction of sp³-hybridized carbons (Fsp3) is 0.842. The van der Waals surface area contributed by atoms with Crippen LogP contribution in [-0.4, -0.2) is 75.1 Å². The Kier molecular flexibility index (Phi) is 4.77. The molecule has 4 rings (SSSR count). The van der Waals surface area contributed by atoms with Crippen molar-refractivity contribution in [1.82, 2.24) is 24.8 Å². The van der Waals surface area contributed by atoms with Gasteiger partial charge < -0.3 is 9.64 Å². The number of nitrogens with zero attached hydrogens (tertiary/aromatic N) is 5. The minimum absolute atomic E-state index is 0.0236. The monoisotopic (exact) mass is 361 g/mol. The van der Waals surface area contributed by atoms with Gasteiger partial charge in [-0.05, 0) is 39.5 Å². The van der Waals surface area contributed by atoms with E-state index in [2.05, 4.69) is 36.0 Å². The predicted octanol–water partition coefficient (Wildman–Crippen LogP) is 1.79. The van der Waals surface area contributed by atoms with Crippen LogP contribution in [0, 0.1) is 5.41 Å². The molecule has 1 aromatic rings. The van der Waals surface area contributed by atoms with Gasteiger partial charge in [-0.3, -0.25) is 14.4 Å². The van der Waals surface area contributed by atoms with Gasteiger partial charge in [-0.25, -0.2) is 0 Å². The van der Waals surface area contributed by atoms with Crippen molar-refractivity contribution in [3.8, 4) is 0 Å². The highest BCUT2D eigenvalue weighted by Gasteiger charge is 2.37. The van der Waals surface area contributed by atoms with E-state index in [4.69, 9.17) is 4.74 Å². The first kappa shape index (κ1) is 17.9. The molecule has 26 heavy (non-hydrogen) atoms. The highest BCUT2D eigenvalue weighted by Crippen LogP contribution is 2.30. The molecule has 0 spiro atoms. The number of rotatable bonds is 4. The Hall–Kier alpha value is -1.47. The fourth-order valence-corrected chi connectivity index (χ4v) is 4.89. The van der Waals surface area contributed by atoms with Crippen LogP contribution in [0.1, 0.15) is 56.9 Å². The Balaban J connectivity index is 1.40. The van der Waals surface area contributed by atoms with Gasteiger partial charge in [0.05, 0.1) is 26.0 Å². The van der Waals surface area contributed by atoms with Crippen LogP contribution in [-0.2, 0) is 11.3 Å². The van der Waals surface area contributed by atoms with Gasteiger partial charge in [0.25, 0.3) is 5.91 Å². The van der Waals surface area contributed by atoms with E-state index in [1.165, 1.54) is 19.3 Å². The normalized spacial score (nSPS) is 31.8. The number of hydrogen-bond acceptors (Lipinski definition) is 5. The van der Waals surface area contributed by atoms with E-state index >= 15 is 0 Å². The number of likely N-dealkylation sites (tertiary alicyclic amines) is 2. The van der Waals surface area contributed by atoms with Gasteiger partial charge in [0.1, 0.15) is 0 Å². The molecular weight excluding hydrogens is 330 g/mol. The third kappa shape index (κ3) is 3.39. The molecule has 3 saturated heterocycles. The number of piperidine rings is 1. The Morgan fingerprint density at radius 2 is 2.00 bits per heavy atom. The van der Waals surface area contributed by atoms with E-state index in [-0.39, 0.29) is 11.3 Å². The number of amides is 1. The molecule has 1 amide bonds. The summed E-state index contributed by atoms with van der Waals surface area (Å²) in [6.45, 7) is 10.7. The Morgan fingerprint density at radius 3 is 2.65 bits per heavy atom. The van der Waals surface area contributed by atoms with E-state index < -0.39 is 0 Å². The van der Waals surface area contributed by atoms with Gasteiger partial charge in [-0.2, -0.15) is 0 Å². The summed E-state index contributed by atoms with van der Waals surface area (Å²) >= 11 is 0. The molecule has 0 saturated carbocycles. The van der Waals surface area contributed by atoms with E-state index in [1.807, 2.05) is 4.90 Å². The lowest BCUT2D eigenvalue weighted by Crippen LogP contribution is -2.52. The highest BCUT2D eigenvalue weighted by atomic mass is 16.5. The summed E-state index contributed by atoms with van der Waals surface area (Å²) in [7, 11) is 0. The molecule has 0 aromatic carbocycles. The summed E-state index contributed by atoms with van der Waals surface area (Å²) in [5.74, 6) is 0.0236. The van der Waals surface area contributed by atoms with Crippen LogP contribution in [0.3, 0.4) is 0 Å². The van der Waals surface area contributed by atoms with Gasteiger partial charge in [-0.1, -0.05) is 12.1 Å². The summed E-state index contributed by atoms with van der Waals surface area (Å²) in [4.78, 5) is 17.6. The molecule has 7 nitrogen and oxygen atoms in total. The second-order valence-electron chi connectivity index (χ2n) is 8.87. The number of aromatic nitrogens is 3. The zero-order valence-corrected chi connectivity index (χ0v) is 16.2. The lowest BCUT2D eigenvalue weighted by molar-refractivity contribution is -0.111. The average molecular weight is 361 g/mol. The molecule has 3 aliphatic rings. The molecule has 3 atom stereocenters. The van der Waals surface area contributed by atoms with E-state index in [1.54, 1.807) is 10.9 Å². The lowest BCUT2D eigenvalue weighted by atomic mass is 9.89. The van der Waals surface area contributed by atoms with Gasteiger partial charge in [0, 0.05) is 36.6 Å². The van der Waals surface area contributed by atoms with Crippen LogP contribution in [0.4, 0.5) is 0 Å². The number of ether oxygens (including phenoxy) is 1. The average Bonchev–Trinajstić information content (AvgIpc) is 3.19. The maximum Gasteiger partial charge on any atom is 0.276 e. The molecule has 7 heteroatoms. The highest BCUT2D eigenvalue weighted by molar-refractivity contribution is 5.92. The van der Waals surface area contributed by atoms with Crippen LogP contribution in [0.15, 0.2) is 6.20 Å². The predicted molar refractivity (Wildman–Crippen MR) is 97.9 cm³/mol. The molecule has 0 radical (unpaired) electrons. The first-order valence-corrected chi connectivity index (χ1v) is 10.00. The fourth-order valence-electron chi connectivity index (χ4n) is 4.89. The van der Waals surface area contributed by atoms with Crippen molar-refractivity contribution in [3.05, 3.63) is 11.9 Å². The first-order valence-electron chi connectivity index (χ1n) is 10.00. The van der Waals surface area contributed by atoms with Crippen LogP contribution in [0.5, 0.6) is 0 Å². The van der Waals surface area contributed by atoms with Crippen LogP contribution < -0.4 is 0 Å². The summed E-state index contributed by atoms with van der Waals surface area (Å²) in [6, 6.07) is 1.72. The molecular formula is C19H31N5O2. The van der Waals surface area contributed by atoms with Gasteiger partial charge in [0.15, 0.2) is 5.69 Å². The Bertz CT molecular complexity index is 646. The minimum atomic E-state index is 0.0236. The van der Waals surface area contributed by atoms with Gasteiger partial charge >= 0.3 is 0 Å². The number of carbonyl (C=O) groups excluding carboxylic acids is 1. The van der Waals surface area contributed by atoms with Crippen molar-refractivity contribution in [1.29, 1.82) is 0 Å². The van der Waals surface area contributed by atoms with Crippen molar-refractivity contribution < 1.29 is 9.53 Å². The molecule has 0 aliphatic carbocycles. The molecule has 3 fully saturated rings. The van der Waals surface area contributed by atoms with Crippen LogP contribution in [0.2, 0.25) is 0 Å². The Labute approximate surface area is 155 Å².